The predicted molar refractivity (Wildman–Crippen MR) is 79.3 cm³/mol. The zero-order valence-electron chi connectivity index (χ0n) is 10.3. The van der Waals surface area contributed by atoms with Gasteiger partial charge in [0, 0.05) is 6.07 Å². The van der Waals surface area contributed by atoms with Crippen LogP contribution in [0, 0.1) is 0 Å². The number of rotatable bonds is 3. The minimum absolute atomic E-state index is 0.222. The molecule has 20 heavy (non-hydrogen) atoms. The van der Waals surface area contributed by atoms with Crippen LogP contribution in [-0.4, -0.2) is 27.0 Å². The minimum Gasteiger partial charge on any atom is -0.497 e. The second-order valence-corrected chi connectivity index (χ2v) is 5.65. The van der Waals surface area contributed by atoms with Gasteiger partial charge in [-0.3, -0.25) is 4.79 Å². The first-order valence-corrected chi connectivity index (χ1v) is 7.23. The Bertz CT molecular complexity index is 830. The summed E-state index contributed by atoms with van der Waals surface area (Å²) in [5, 5.41) is 1.21. The van der Waals surface area contributed by atoms with Crippen LogP contribution in [0.15, 0.2) is 44.0 Å². The van der Waals surface area contributed by atoms with Gasteiger partial charge in [-0.15, -0.1) is 0 Å². The lowest BCUT2D eigenvalue weighted by Gasteiger charge is -1.98. The Hall–Kier alpha value is -1.80. The molecule has 0 radical (unpaired) electrons. The maximum Gasteiger partial charge on any atom is 0.266 e. The van der Waals surface area contributed by atoms with Crippen molar-refractivity contribution in [2.75, 3.05) is 7.11 Å². The smallest absolute Gasteiger partial charge is 0.266 e. The molecule has 6 nitrogen and oxygen atoms in total. The van der Waals surface area contributed by atoms with Gasteiger partial charge >= 0.3 is 0 Å². The van der Waals surface area contributed by atoms with Gasteiger partial charge in [0.15, 0.2) is 5.16 Å². The van der Waals surface area contributed by atoms with Crippen molar-refractivity contribution in [3.8, 4) is 5.75 Å². The molecule has 1 aromatic carbocycles. The average molecular weight is 353 g/mol. The van der Waals surface area contributed by atoms with Gasteiger partial charge in [0.1, 0.15) is 15.2 Å². The minimum atomic E-state index is -0.222. The van der Waals surface area contributed by atoms with Gasteiger partial charge < -0.3 is 14.7 Å². The van der Waals surface area contributed by atoms with E-state index in [9.17, 15) is 4.79 Å². The SMILES string of the molecule is COc1ccc2nc(Sc3nc[nH]c(=O)c3Br)[nH]c2c1. The standard InChI is InChI=1S/C12H9BrN4O2S/c1-19-6-2-3-7-8(4-6)17-12(16-7)20-11-9(13)10(18)14-5-15-11/h2-5H,1H3,(H,16,17)(H,14,15,18). The van der Waals surface area contributed by atoms with E-state index < -0.39 is 0 Å². The molecule has 0 atom stereocenters. The molecule has 0 spiro atoms. The van der Waals surface area contributed by atoms with E-state index in [1.807, 2.05) is 18.2 Å². The number of imidazole rings is 1. The summed E-state index contributed by atoms with van der Waals surface area (Å²) in [6, 6.07) is 5.58. The van der Waals surface area contributed by atoms with Crippen molar-refractivity contribution in [3.05, 3.63) is 39.4 Å². The largest absolute Gasteiger partial charge is 0.497 e. The van der Waals surface area contributed by atoms with Gasteiger partial charge in [0.05, 0.1) is 24.5 Å². The zero-order valence-corrected chi connectivity index (χ0v) is 12.7. The van der Waals surface area contributed by atoms with E-state index in [0.717, 1.165) is 16.8 Å². The highest BCUT2D eigenvalue weighted by molar-refractivity contribution is 9.10. The van der Waals surface area contributed by atoms with Crippen LogP contribution in [0.4, 0.5) is 0 Å². The van der Waals surface area contributed by atoms with E-state index in [1.54, 1.807) is 7.11 Å². The predicted octanol–water partition coefficient (Wildman–Crippen LogP) is 2.57. The number of fused-ring (bicyclic) bond motifs is 1. The normalized spacial score (nSPS) is 10.9. The van der Waals surface area contributed by atoms with Crippen LogP contribution in [0.5, 0.6) is 5.75 Å². The Labute approximate surface area is 126 Å². The summed E-state index contributed by atoms with van der Waals surface area (Å²) < 4.78 is 5.56. The molecule has 2 heterocycles. The number of aromatic amines is 2. The van der Waals surface area contributed by atoms with Crippen molar-refractivity contribution in [2.45, 2.75) is 10.2 Å². The lowest BCUT2D eigenvalue weighted by molar-refractivity contribution is 0.415. The van der Waals surface area contributed by atoms with E-state index in [0.29, 0.717) is 14.7 Å². The Balaban J connectivity index is 1.98. The van der Waals surface area contributed by atoms with E-state index in [-0.39, 0.29) is 5.56 Å². The summed E-state index contributed by atoms with van der Waals surface area (Å²) >= 11 is 4.50. The first-order chi connectivity index (χ1) is 9.67. The van der Waals surface area contributed by atoms with Gasteiger partial charge in [0.25, 0.3) is 5.56 Å². The summed E-state index contributed by atoms with van der Waals surface area (Å²) in [6.45, 7) is 0. The van der Waals surface area contributed by atoms with Crippen molar-refractivity contribution >= 4 is 38.7 Å². The van der Waals surface area contributed by atoms with Crippen LogP contribution in [0.25, 0.3) is 11.0 Å². The maximum absolute atomic E-state index is 11.5. The molecule has 102 valence electrons. The number of hydrogen-bond acceptors (Lipinski definition) is 5. The van der Waals surface area contributed by atoms with E-state index >= 15 is 0 Å². The van der Waals surface area contributed by atoms with Gasteiger partial charge in [-0.2, -0.15) is 0 Å². The fourth-order valence-corrected chi connectivity index (χ4v) is 2.91. The number of nitrogens with zero attached hydrogens (tertiary/aromatic N) is 2. The third-order valence-electron chi connectivity index (χ3n) is 2.63. The first kappa shape index (κ1) is 13.2. The zero-order chi connectivity index (χ0) is 14.1. The van der Waals surface area contributed by atoms with Crippen molar-refractivity contribution in [3.63, 3.8) is 0 Å². The molecular formula is C12H9BrN4O2S. The molecular weight excluding hydrogens is 344 g/mol. The number of nitrogens with one attached hydrogen (secondary N) is 2. The summed E-state index contributed by atoms with van der Waals surface area (Å²) in [5.74, 6) is 0.758. The number of benzene rings is 1. The van der Waals surface area contributed by atoms with Crippen LogP contribution in [0.3, 0.4) is 0 Å². The van der Waals surface area contributed by atoms with Crippen molar-refractivity contribution in [1.82, 2.24) is 19.9 Å². The number of ether oxygens (including phenoxy) is 1. The molecule has 0 amide bonds. The summed E-state index contributed by atoms with van der Waals surface area (Å²) in [7, 11) is 1.62. The Morgan fingerprint density at radius 2 is 2.25 bits per heavy atom. The highest BCUT2D eigenvalue weighted by atomic mass is 79.9. The molecule has 2 aromatic heterocycles. The summed E-state index contributed by atoms with van der Waals surface area (Å²) in [5.41, 5.74) is 1.47. The number of methoxy groups -OCH3 is 1. The quantitative estimate of drug-likeness (QED) is 0.707. The van der Waals surface area contributed by atoms with Gasteiger partial charge in [-0.05, 0) is 39.8 Å². The van der Waals surface area contributed by atoms with Gasteiger partial charge in [0.2, 0.25) is 0 Å². The van der Waals surface area contributed by atoms with Crippen LogP contribution in [-0.2, 0) is 0 Å². The van der Waals surface area contributed by atoms with Crippen LogP contribution >= 0.6 is 27.7 Å². The molecule has 0 saturated carbocycles. The molecule has 8 heteroatoms. The highest BCUT2D eigenvalue weighted by Gasteiger charge is 2.11. The molecule has 0 bridgehead atoms. The van der Waals surface area contributed by atoms with Crippen LogP contribution < -0.4 is 10.3 Å². The second kappa shape index (κ2) is 5.29. The number of halogens is 1. The van der Waals surface area contributed by atoms with Crippen LogP contribution in [0.2, 0.25) is 0 Å². The fourth-order valence-electron chi connectivity index (χ4n) is 1.67. The monoisotopic (exact) mass is 352 g/mol. The fraction of sp³-hybridized carbons (Fsp3) is 0.0833. The van der Waals surface area contributed by atoms with Crippen molar-refractivity contribution in [1.29, 1.82) is 0 Å². The summed E-state index contributed by atoms with van der Waals surface area (Å²) in [6.07, 6.45) is 1.36. The van der Waals surface area contributed by atoms with Crippen molar-refractivity contribution < 1.29 is 4.74 Å². The molecule has 0 aliphatic rings. The Morgan fingerprint density at radius 3 is 3.05 bits per heavy atom. The Kier molecular flexibility index (Phi) is 3.49. The third kappa shape index (κ3) is 2.44. The molecule has 3 rings (SSSR count). The van der Waals surface area contributed by atoms with E-state index in [4.69, 9.17) is 4.74 Å². The van der Waals surface area contributed by atoms with Crippen molar-refractivity contribution in [2.24, 2.45) is 0 Å². The molecule has 0 saturated heterocycles. The lowest BCUT2D eigenvalue weighted by atomic mass is 10.3. The number of H-pyrrole nitrogens is 2. The second-order valence-electron chi connectivity index (χ2n) is 3.88. The maximum atomic E-state index is 11.5. The third-order valence-corrected chi connectivity index (χ3v) is 4.51. The highest BCUT2D eigenvalue weighted by Crippen LogP contribution is 2.29. The first-order valence-electron chi connectivity index (χ1n) is 5.62. The summed E-state index contributed by atoms with van der Waals surface area (Å²) in [4.78, 5) is 25.7. The Morgan fingerprint density at radius 1 is 1.40 bits per heavy atom. The topological polar surface area (TPSA) is 83.7 Å². The molecule has 3 aromatic rings. The van der Waals surface area contributed by atoms with E-state index in [2.05, 4.69) is 35.9 Å². The number of aromatic nitrogens is 4. The van der Waals surface area contributed by atoms with Gasteiger partial charge in [-0.25, -0.2) is 9.97 Å². The average Bonchev–Trinajstić information content (AvgIpc) is 2.85. The lowest BCUT2D eigenvalue weighted by Crippen LogP contribution is -2.07. The van der Waals surface area contributed by atoms with E-state index in [1.165, 1.54) is 18.1 Å². The molecule has 0 aliphatic carbocycles. The number of hydrogen-bond donors (Lipinski definition) is 2. The molecule has 0 aliphatic heterocycles. The van der Waals surface area contributed by atoms with Gasteiger partial charge in [-0.1, -0.05) is 0 Å². The molecule has 0 fully saturated rings. The molecule has 2 N–H and O–H groups in total. The molecule has 0 unspecified atom stereocenters. The van der Waals surface area contributed by atoms with Crippen LogP contribution in [0.1, 0.15) is 0 Å².